The van der Waals surface area contributed by atoms with Crippen molar-refractivity contribution in [2.45, 2.75) is 6.23 Å². The highest BCUT2D eigenvalue weighted by Crippen LogP contribution is 2.36. The van der Waals surface area contributed by atoms with Crippen molar-refractivity contribution in [3.05, 3.63) is 60.4 Å². The molecule has 2 heterocycles. The van der Waals surface area contributed by atoms with Gasteiger partial charge in [0.15, 0.2) is 5.75 Å². The maximum Gasteiger partial charge on any atom is 0.211 e. The first kappa shape index (κ1) is 9.67. The molecule has 4 heteroatoms. The Bertz CT molecular complexity index is 720. The number of aromatic nitrogens is 2. The Morgan fingerprint density at radius 2 is 1.83 bits per heavy atom. The fourth-order valence-corrected chi connectivity index (χ4v) is 2.27. The van der Waals surface area contributed by atoms with Gasteiger partial charge in [-0.1, -0.05) is 30.3 Å². The molecule has 2 aromatic carbocycles. The number of rotatable bonds is 1. The van der Waals surface area contributed by atoms with Gasteiger partial charge in [0, 0.05) is 0 Å². The second-order valence-corrected chi connectivity index (χ2v) is 4.21. The molecule has 0 saturated heterocycles. The van der Waals surface area contributed by atoms with Crippen LogP contribution in [0.4, 0.5) is 0 Å². The molecule has 0 fully saturated rings. The van der Waals surface area contributed by atoms with Crippen LogP contribution in [-0.4, -0.2) is 9.55 Å². The zero-order chi connectivity index (χ0) is 11.9. The van der Waals surface area contributed by atoms with Crippen LogP contribution in [0.2, 0.25) is 0 Å². The summed E-state index contributed by atoms with van der Waals surface area (Å²) in [6, 6.07) is 15.8. The van der Waals surface area contributed by atoms with E-state index < -0.39 is 0 Å². The zero-order valence-corrected chi connectivity index (χ0v) is 9.48. The largest absolute Gasteiger partial charge is 0.335 e. The van der Waals surface area contributed by atoms with E-state index in [1.165, 1.54) is 0 Å². The third-order valence-electron chi connectivity index (χ3n) is 3.15. The predicted molar refractivity (Wildman–Crippen MR) is 66.0 cm³/mol. The second kappa shape index (κ2) is 3.58. The van der Waals surface area contributed by atoms with E-state index in [2.05, 4.69) is 4.98 Å². The highest BCUT2D eigenvalue weighted by atomic mass is 17.2. The van der Waals surface area contributed by atoms with Gasteiger partial charge in [-0.05, 0) is 18.2 Å². The molecule has 1 aliphatic rings. The lowest BCUT2D eigenvalue weighted by Gasteiger charge is -2.10. The number of hydrogen-bond acceptors (Lipinski definition) is 3. The minimum atomic E-state index is -0.270. The van der Waals surface area contributed by atoms with E-state index in [1.54, 1.807) is 6.33 Å². The fourth-order valence-electron chi connectivity index (χ4n) is 2.27. The summed E-state index contributed by atoms with van der Waals surface area (Å²) in [5.74, 6) is 0.764. The number of imidazole rings is 1. The van der Waals surface area contributed by atoms with Crippen LogP contribution in [0.15, 0.2) is 54.9 Å². The normalized spacial score (nSPS) is 17.7. The average molecular weight is 238 g/mol. The lowest BCUT2D eigenvalue weighted by atomic mass is 10.2. The maximum absolute atomic E-state index is 5.40. The molecular formula is C14H10N2O2. The van der Waals surface area contributed by atoms with E-state index in [-0.39, 0.29) is 6.23 Å². The SMILES string of the molecule is c1ccc2c(c1)OOC2n1cnc2ccccc21. The predicted octanol–water partition coefficient (Wildman–Crippen LogP) is 2.91. The second-order valence-electron chi connectivity index (χ2n) is 4.21. The summed E-state index contributed by atoms with van der Waals surface area (Å²) in [6.45, 7) is 0. The number of benzene rings is 2. The molecule has 4 rings (SSSR count). The summed E-state index contributed by atoms with van der Waals surface area (Å²) in [7, 11) is 0. The molecule has 0 amide bonds. The Hall–Kier alpha value is -2.33. The number of nitrogens with zero attached hydrogens (tertiary/aromatic N) is 2. The monoisotopic (exact) mass is 238 g/mol. The van der Waals surface area contributed by atoms with Gasteiger partial charge in [-0.25, -0.2) is 4.98 Å². The van der Waals surface area contributed by atoms with Gasteiger partial charge >= 0.3 is 0 Å². The van der Waals surface area contributed by atoms with E-state index in [1.807, 2.05) is 53.1 Å². The van der Waals surface area contributed by atoms with Crippen molar-refractivity contribution in [3.63, 3.8) is 0 Å². The molecule has 1 aliphatic heterocycles. The Morgan fingerprint density at radius 3 is 2.83 bits per heavy atom. The van der Waals surface area contributed by atoms with Gasteiger partial charge in [-0.3, -0.25) is 4.57 Å². The van der Waals surface area contributed by atoms with Crippen molar-refractivity contribution in [1.82, 2.24) is 9.55 Å². The van der Waals surface area contributed by atoms with Gasteiger partial charge in [0.2, 0.25) is 6.23 Å². The van der Waals surface area contributed by atoms with Crippen LogP contribution < -0.4 is 4.89 Å². The molecule has 0 saturated carbocycles. The molecule has 1 atom stereocenters. The minimum Gasteiger partial charge on any atom is -0.335 e. The van der Waals surface area contributed by atoms with Gasteiger partial charge in [-0.15, -0.1) is 0 Å². The summed E-state index contributed by atoms with van der Waals surface area (Å²) >= 11 is 0. The van der Waals surface area contributed by atoms with Gasteiger partial charge in [0.1, 0.15) is 0 Å². The number of fused-ring (bicyclic) bond motifs is 2. The Labute approximate surface area is 103 Å². The van der Waals surface area contributed by atoms with E-state index in [9.17, 15) is 0 Å². The average Bonchev–Trinajstić information content (AvgIpc) is 3.01. The van der Waals surface area contributed by atoms with E-state index in [0.29, 0.717) is 0 Å². The molecule has 0 aliphatic carbocycles. The number of para-hydroxylation sites is 3. The first-order valence-corrected chi connectivity index (χ1v) is 5.77. The first-order valence-electron chi connectivity index (χ1n) is 5.77. The van der Waals surface area contributed by atoms with E-state index in [0.717, 1.165) is 22.3 Å². The lowest BCUT2D eigenvalue weighted by Crippen LogP contribution is -2.08. The summed E-state index contributed by atoms with van der Waals surface area (Å²) in [5.41, 5.74) is 2.99. The van der Waals surface area contributed by atoms with E-state index in [4.69, 9.17) is 9.78 Å². The van der Waals surface area contributed by atoms with Crippen molar-refractivity contribution < 1.29 is 9.78 Å². The van der Waals surface area contributed by atoms with Gasteiger partial charge < -0.3 is 4.89 Å². The molecule has 0 radical (unpaired) electrons. The van der Waals surface area contributed by atoms with Crippen LogP contribution in [0.25, 0.3) is 11.0 Å². The van der Waals surface area contributed by atoms with Gasteiger partial charge in [0.25, 0.3) is 0 Å². The van der Waals surface area contributed by atoms with Crippen molar-refractivity contribution >= 4 is 11.0 Å². The molecule has 1 aromatic heterocycles. The first-order chi connectivity index (χ1) is 8.93. The summed E-state index contributed by atoms with van der Waals surface area (Å²) < 4.78 is 1.97. The summed E-state index contributed by atoms with van der Waals surface area (Å²) in [4.78, 5) is 15.0. The van der Waals surface area contributed by atoms with Crippen molar-refractivity contribution in [3.8, 4) is 5.75 Å². The zero-order valence-electron chi connectivity index (χ0n) is 9.48. The highest BCUT2D eigenvalue weighted by molar-refractivity contribution is 5.75. The molecular weight excluding hydrogens is 228 g/mol. The van der Waals surface area contributed by atoms with Crippen LogP contribution in [0.5, 0.6) is 5.75 Å². The van der Waals surface area contributed by atoms with Crippen molar-refractivity contribution in [1.29, 1.82) is 0 Å². The van der Waals surface area contributed by atoms with Crippen molar-refractivity contribution in [2.75, 3.05) is 0 Å². The summed E-state index contributed by atoms with van der Waals surface area (Å²) in [5, 5.41) is 0. The third-order valence-corrected chi connectivity index (χ3v) is 3.15. The molecule has 0 bridgehead atoms. The smallest absolute Gasteiger partial charge is 0.211 e. The third kappa shape index (κ3) is 1.26. The fraction of sp³-hybridized carbons (Fsp3) is 0.0714. The van der Waals surface area contributed by atoms with Crippen molar-refractivity contribution in [2.24, 2.45) is 0 Å². The molecule has 88 valence electrons. The Morgan fingerprint density at radius 1 is 1.00 bits per heavy atom. The van der Waals surface area contributed by atoms with Crippen LogP contribution in [0, 0.1) is 0 Å². The molecule has 18 heavy (non-hydrogen) atoms. The molecule has 0 N–H and O–H groups in total. The molecule has 3 aromatic rings. The van der Waals surface area contributed by atoms with Gasteiger partial charge in [0.05, 0.1) is 22.9 Å². The maximum atomic E-state index is 5.40. The van der Waals surface area contributed by atoms with Crippen LogP contribution >= 0.6 is 0 Å². The Balaban J connectivity index is 1.90. The number of hydrogen-bond donors (Lipinski definition) is 0. The summed E-state index contributed by atoms with van der Waals surface area (Å²) in [6.07, 6.45) is 1.51. The van der Waals surface area contributed by atoms with Crippen LogP contribution in [-0.2, 0) is 4.89 Å². The van der Waals surface area contributed by atoms with E-state index >= 15 is 0 Å². The standard InChI is InChI=1S/C14H10N2O2/c1-4-8-13-10(5-1)14(18-17-13)16-9-15-11-6-2-3-7-12(11)16/h1-9,14H. The molecule has 4 nitrogen and oxygen atoms in total. The topological polar surface area (TPSA) is 36.3 Å². The lowest BCUT2D eigenvalue weighted by molar-refractivity contribution is -0.230. The quantitative estimate of drug-likeness (QED) is 0.611. The Kier molecular flexibility index (Phi) is 1.92. The molecule has 0 spiro atoms. The van der Waals surface area contributed by atoms with Crippen LogP contribution in [0.1, 0.15) is 11.8 Å². The molecule has 1 unspecified atom stereocenters. The minimum absolute atomic E-state index is 0.270. The van der Waals surface area contributed by atoms with Crippen LogP contribution in [0.3, 0.4) is 0 Å². The highest BCUT2D eigenvalue weighted by Gasteiger charge is 2.28. The van der Waals surface area contributed by atoms with Gasteiger partial charge in [-0.2, -0.15) is 4.89 Å².